The zero-order valence-corrected chi connectivity index (χ0v) is 17.9. The highest BCUT2D eigenvalue weighted by atomic mass is 32.2. The van der Waals surface area contributed by atoms with Crippen LogP contribution in [-0.2, 0) is 14.3 Å². The van der Waals surface area contributed by atoms with E-state index in [1.54, 1.807) is 30.3 Å². The fourth-order valence-corrected chi connectivity index (χ4v) is 3.38. The van der Waals surface area contributed by atoms with Gasteiger partial charge in [0.2, 0.25) is 0 Å². The predicted octanol–water partition coefficient (Wildman–Crippen LogP) is 4.95. The molecule has 152 valence electrons. The van der Waals surface area contributed by atoms with E-state index in [2.05, 4.69) is 26.5 Å². The highest BCUT2D eigenvalue weighted by molar-refractivity contribution is 7.86. The van der Waals surface area contributed by atoms with Crippen molar-refractivity contribution in [2.45, 2.75) is 95.9 Å². The molecule has 26 heavy (non-hydrogen) atoms. The minimum Gasteiger partial charge on any atom is -0.356 e. The lowest BCUT2D eigenvalue weighted by Crippen LogP contribution is -2.57. The van der Waals surface area contributed by atoms with Crippen molar-refractivity contribution in [3.05, 3.63) is 30.3 Å². The molecule has 0 aromatic heterocycles. The molecule has 0 fully saturated rings. The van der Waals surface area contributed by atoms with Gasteiger partial charge in [0.1, 0.15) is 0 Å². The Labute approximate surface area is 161 Å². The number of hydrogen-bond donors (Lipinski definition) is 1. The van der Waals surface area contributed by atoms with Gasteiger partial charge < -0.3 is 5.73 Å². The summed E-state index contributed by atoms with van der Waals surface area (Å²) in [6.07, 6.45) is 12.3. The SMILES string of the molecule is CC(C)[NH3+].CCCCCCCCCCCCOS(=O)(=O)c1ccccc1. The topological polar surface area (TPSA) is 71.0 Å². The van der Waals surface area contributed by atoms with Gasteiger partial charge in [-0.15, -0.1) is 0 Å². The Hall–Kier alpha value is -0.910. The standard InChI is InChI=1S/C18H30O3S.C3H9N/c1-2-3-4-5-6-7-8-9-10-14-17-21-22(19,20)18-15-12-11-13-16-18;1-3(2)4/h11-13,15-16H,2-10,14,17H2,1H3;3H,4H2,1-2H3/p+1. The van der Waals surface area contributed by atoms with Gasteiger partial charge >= 0.3 is 0 Å². The molecule has 1 aromatic rings. The van der Waals surface area contributed by atoms with Crippen molar-refractivity contribution >= 4 is 10.1 Å². The highest BCUT2D eigenvalue weighted by Gasteiger charge is 2.13. The van der Waals surface area contributed by atoms with Crippen LogP contribution in [0.5, 0.6) is 0 Å². The Morgan fingerprint density at radius 3 is 1.73 bits per heavy atom. The average Bonchev–Trinajstić information content (AvgIpc) is 2.60. The number of rotatable bonds is 13. The Morgan fingerprint density at radius 1 is 0.846 bits per heavy atom. The molecule has 0 heterocycles. The molecule has 3 N–H and O–H groups in total. The normalized spacial score (nSPS) is 11.3. The van der Waals surface area contributed by atoms with Crippen molar-refractivity contribution in [1.82, 2.24) is 0 Å². The second kappa shape index (κ2) is 16.3. The van der Waals surface area contributed by atoms with Gasteiger partial charge in [-0.3, -0.25) is 4.18 Å². The predicted molar refractivity (Wildman–Crippen MR) is 109 cm³/mol. The van der Waals surface area contributed by atoms with Gasteiger partial charge in [-0.2, -0.15) is 8.42 Å². The summed E-state index contributed by atoms with van der Waals surface area (Å²) in [4.78, 5) is 0.238. The van der Waals surface area contributed by atoms with Gasteiger partial charge in [0.05, 0.1) is 17.5 Å². The molecule has 0 amide bonds. The molecular weight excluding hydrogens is 346 g/mol. The molecular formula is C21H40NO3S+. The van der Waals surface area contributed by atoms with Crippen molar-refractivity contribution in [3.63, 3.8) is 0 Å². The van der Waals surface area contributed by atoms with Gasteiger partial charge in [0, 0.05) is 0 Å². The van der Waals surface area contributed by atoms with Crippen LogP contribution in [0.15, 0.2) is 35.2 Å². The van der Waals surface area contributed by atoms with E-state index in [0.29, 0.717) is 6.04 Å². The lowest BCUT2D eigenvalue weighted by atomic mass is 10.1. The Bertz CT molecular complexity index is 513. The minimum atomic E-state index is -3.57. The monoisotopic (exact) mass is 386 g/mol. The van der Waals surface area contributed by atoms with Gasteiger partial charge in [-0.1, -0.05) is 82.9 Å². The van der Waals surface area contributed by atoms with E-state index in [4.69, 9.17) is 4.18 Å². The average molecular weight is 387 g/mol. The van der Waals surface area contributed by atoms with Crippen LogP contribution in [0.25, 0.3) is 0 Å². The number of unbranched alkanes of at least 4 members (excludes halogenated alkanes) is 9. The van der Waals surface area contributed by atoms with Crippen LogP contribution in [-0.4, -0.2) is 21.1 Å². The zero-order valence-electron chi connectivity index (χ0n) is 17.1. The van der Waals surface area contributed by atoms with Gasteiger partial charge in [-0.05, 0) is 32.4 Å². The van der Waals surface area contributed by atoms with E-state index in [0.717, 1.165) is 12.8 Å². The molecule has 1 aromatic carbocycles. The van der Waals surface area contributed by atoms with E-state index in [-0.39, 0.29) is 11.5 Å². The van der Waals surface area contributed by atoms with Crippen molar-refractivity contribution < 1.29 is 18.3 Å². The molecule has 1 rings (SSSR count). The molecule has 0 aliphatic carbocycles. The number of hydrogen-bond acceptors (Lipinski definition) is 3. The maximum atomic E-state index is 11.9. The molecule has 0 atom stereocenters. The van der Waals surface area contributed by atoms with Crippen molar-refractivity contribution in [2.75, 3.05) is 6.61 Å². The third-order valence-electron chi connectivity index (χ3n) is 3.77. The van der Waals surface area contributed by atoms with E-state index < -0.39 is 10.1 Å². The van der Waals surface area contributed by atoms with Gasteiger partial charge in [0.25, 0.3) is 10.1 Å². The highest BCUT2D eigenvalue weighted by Crippen LogP contribution is 2.13. The molecule has 0 aliphatic rings. The molecule has 0 saturated heterocycles. The van der Waals surface area contributed by atoms with E-state index in [1.165, 1.54) is 51.4 Å². The van der Waals surface area contributed by atoms with Crippen LogP contribution in [0.3, 0.4) is 0 Å². The fraction of sp³-hybridized carbons (Fsp3) is 0.714. The maximum absolute atomic E-state index is 11.9. The molecule has 5 heteroatoms. The third-order valence-corrected chi connectivity index (χ3v) is 5.09. The summed E-state index contributed by atoms with van der Waals surface area (Å²) in [5.41, 5.74) is 3.64. The Kier molecular flexibility index (Phi) is 15.7. The first-order chi connectivity index (χ1) is 12.4. The van der Waals surface area contributed by atoms with Crippen LogP contribution >= 0.6 is 0 Å². The van der Waals surface area contributed by atoms with Crippen LogP contribution in [0, 0.1) is 0 Å². The van der Waals surface area contributed by atoms with Crippen LogP contribution in [0.4, 0.5) is 0 Å². The molecule has 0 bridgehead atoms. The zero-order chi connectivity index (χ0) is 19.7. The summed E-state index contributed by atoms with van der Waals surface area (Å²) < 4.78 is 28.8. The van der Waals surface area contributed by atoms with Crippen molar-refractivity contribution in [3.8, 4) is 0 Å². The lowest BCUT2D eigenvalue weighted by Gasteiger charge is -2.05. The maximum Gasteiger partial charge on any atom is 0.296 e. The molecule has 4 nitrogen and oxygen atoms in total. The van der Waals surface area contributed by atoms with Crippen LogP contribution < -0.4 is 5.73 Å². The smallest absolute Gasteiger partial charge is 0.296 e. The van der Waals surface area contributed by atoms with Crippen LogP contribution in [0.1, 0.15) is 85.0 Å². The van der Waals surface area contributed by atoms with E-state index >= 15 is 0 Å². The number of quaternary nitrogens is 1. The first kappa shape index (κ1) is 25.1. The molecule has 0 unspecified atom stereocenters. The molecule has 0 radical (unpaired) electrons. The first-order valence-electron chi connectivity index (χ1n) is 10.2. The second-order valence-electron chi connectivity index (χ2n) is 7.16. The molecule has 0 spiro atoms. The van der Waals surface area contributed by atoms with Crippen LogP contribution in [0.2, 0.25) is 0 Å². The summed E-state index contributed by atoms with van der Waals surface area (Å²) in [7, 11) is -3.57. The number of benzene rings is 1. The Balaban J connectivity index is 0.00000141. The third kappa shape index (κ3) is 15.4. The Morgan fingerprint density at radius 2 is 1.27 bits per heavy atom. The first-order valence-corrected chi connectivity index (χ1v) is 11.6. The second-order valence-corrected chi connectivity index (χ2v) is 8.78. The minimum absolute atomic E-state index is 0.238. The van der Waals surface area contributed by atoms with Gasteiger partial charge in [-0.25, -0.2) is 0 Å². The summed E-state index contributed by atoms with van der Waals surface area (Å²) in [5, 5.41) is 0. The summed E-state index contributed by atoms with van der Waals surface area (Å²) in [6, 6.07) is 8.91. The molecule has 0 saturated carbocycles. The quantitative estimate of drug-likeness (QED) is 0.385. The largest absolute Gasteiger partial charge is 0.356 e. The molecule has 0 aliphatic heterocycles. The van der Waals surface area contributed by atoms with Crippen molar-refractivity contribution in [1.29, 1.82) is 0 Å². The lowest BCUT2D eigenvalue weighted by molar-refractivity contribution is -0.407. The summed E-state index contributed by atoms with van der Waals surface area (Å²) >= 11 is 0. The van der Waals surface area contributed by atoms with E-state index in [1.807, 2.05) is 0 Å². The van der Waals surface area contributed by atoms with E-state index in [9.17, 15) is 8.42 Å². The van der Waals surface area contributed by atoms with Gasteiger partial charge in [0.15, 0.2) is 0 Å². The van der Waals surface area contributed by atoms with Crippen molar-refractivity contribution in [2.24, 2.45) is 0 Å². The summed E-state index contributed by atoms with van der Waals surface area (Å²) in [6.45, 7) is 6.63. The fourth-order valence-electron chi connectivity index (χ4n) is 2.41. The summed E-state index contributed by atoms with van der Waals surface area (Å²) in [5.74, 6) is 0.